The van der Waals surface area contributed by atoms with Gasteiger partial charge in [-0.25, -0.2) is 0 Å². The Labute approximate surface area is 116 Å². The van der Waals surface area contributed by atoms with Crippen LogP contribution in [0, 0.1) is 0 Å². The Hall–Kier alpha value is -1.85. The number of anilines is 2. The molecule has 0 unspecified atom stereocenters. The first-order valence-corrected chi connectivity index (χ1v) is 6.81. The van der Waals surface area contributed by atoms with Gasteiger partial charge >= 0.3 is 0 Å². The average Bonchev–Trinajstić information content (AvgIpc) is 2.91. The summed E-state index contributed by atoms with van der Waals surface area (Å²) < 4.78 is 4.76. The number of hydrogen-bond donors (Lipinski definition) is 2. The molecule has 0 aliphatic carbocycles. The van der Waals surface area contributed by atoms with Crippen LogP contribution in [-0.2, 0) is 16.1 Å². The molecule has 100 valence electrons. The van der Waals surface area contributed by atoms with E-state index in [2.05, 4.69) is 22.1 Å². The summed E-state index contributed by atoms with van der Waals surface area (Å²) in [4.78, 5) is 12.6. The Morgan fingerprint density at radius 3 is 2.58 bits per heavy atom. The topological polar surface area (TPSA) is 50.4 Å². The summed E-state index contributed by atoms with van der Waals surface area (Å²) in [6.45, 7) is 0.880. The highest BCUT2D eigenvalue weighted by molar-refractivity contribution is 7.09. The average molecular weight is 276 g/mol. The summed E-state index contributed by atoms with van der Waals surface area (Å²) in [6.07, 6.45) is 0. The summed E-state index contributed by atoms with van der Waals surface area (Å²) >= 11 is 1.73. The van der Waals surface area contributed by atoms with Crippen molar-refractivity contribution in [3.8, 4) is 0 Å². The van der Waals surface area contributed by atoms with Gasteiger partial charge in [0.1, 0.15) is 6.61 Å². The van der Waals surface area contributed by atoms with Crippen LogP contribution in [0.15, 0.2) is 41.8 Å². The highest BCUT2D eigenvalue weighted by Gasteiger charge is 2.01. The standard InChI is InChI=1S/C14H16N2O2S/c1-18-10-14(17)16-12-6-4-11(5-7-12)15-9-13-3-2-8-19-13/h2-8,15H,9-10H2,1H3,(H,16,17). The van der Waals surface area contributed by atoms with Crippen LogP contribution in [0.1, 0.15) is 4.88 Å². The molecule has 2 N–H and O–H groups in total. The van der Waals surface area contributed by atoms with Crippen molar-refractivity contribution in [1.82, 2.24) is 0 Å². The van der Waals surface area contributed by atoms with E-state index in [9.17, 15) is 4.79 Å². The zero-order chi connectivity index (χ0) is 13.5. The van der Waals surface area contributed by atoms with Crippen LogP contribution in [0.3, 0.4) is 0 Å². The third-order valence-electron chi connectivity index (χ3n) is 2.49. The molecule has 0 aliphatic heterocycles. The number of carbonyl (C=O) groups excluding carboxylic acids is 1. The van der Waals surface area contributed by atoms with Crippen LogP contribution in [-0.4, -0.2) is 19.6 Å². The van der Waals surface area contributed by atoms with Gasteiger partial charge in [0.25, 0.3) is 0 Å². The predicted molar refractivity (Wildman–Crippen MR) is 78.6 cm³/mol. The first-order valence-electron chi connectivity index (χ1n) is 5.93. The van der Waals surface area contributed by atoms with Crippen LogP contribution >= 0.6 is 11.3 Å². The van der Waals surface area contributed by atoms with E-state index in [1.807, 2.05) is 30.3 Å². The molecule has 1 aromatic heterocycles. The summed E-state index contributed by atoms with van der Waals surface area (Å²) in [6, 6.07) is 11.7. The zero-order valence-corrected chi connectivity index (χ0v) is 11.5. The van der Waals surface area contributed by atoms with Crippen molar-refractivity contribution in [1.29, 1.82) is 0 Å². The van der Waals surface area contributed by atoms with Crippen molar-refractivity contribution in [3.63, 3.8) is 0 Å². The Morgan fingerprint density at radius 2 is 1.95 bits per heavy atom. The number of ether oxygens (including phenoxy) is 1. The van der Waals surface area contributed by atoms with E-state index >= 15 is 0 Å². The second-order valence-electron chi connectivity index (χ2n) is 3.99. The van der Waals surface area contributed by atoms with Crippen molar-refractivity contribution in [3.05, 3.63) is 46.7 Å². The quantitative estimate of drug-likeness (QED) is 0.853. The van der Waals surface area contributed by atoms with Crippen molar-refractivity contribution in [2.45, 2.75) is 6.54 Å². The molecular formula is C14H16N2O2S. The minimum atomic E-state index is -0.151. The lowest BCUT2D eigenvalue weighted by molar-refractivity contribution is -0.119. The van der Waals surface area contributed by atoms with Gasteiger partial charge in [-0.15, -0.1) is 11.3 Å². The number of methoxy groups -OCH3 is 1. The summed E-state index contributed by atoms with van der Waals surface area (Å²) in [7, 11) is 1.50. The Kier molecular flexibility index (Phi) is 4.94. The van der Waals surface area contributed by atoms with Gasteiger partial charge in [0, 0.05) is 29.9 Å². The lowest BCUT2D eigenvalue weighted by Gasteiger charge is -2.07. The van der Waals surface area contributed by atoms with E-state index in [-0.39, 0.29) is 12.5 Å². The fourth-order valence-corrected chi connectivity index (χ4v) is 2.25. The van der Waals surface area contributed by atoms with Gasteiger partial charge in [0.2, 0.25) is 5.91 Å². The van der Waals surface area contributed by atoms with Crippen molar-refractivity contribution in [2.24, 2.45) is 0 Å². The van der Waals surface area contributed by atoms with Gasteiger partial charge in [-0.3, -0.25) is 4.79 Å². The number of carbonyl (C=O) groups is 1. The Bertz CT molecular complexity index is 509. The fraction of sp³-hybridized carbons (Fsp3) is 0.214. The van der Waals surface area contributed by atoms with Crippen LogP contribution in [0.2, 0.25) is 0 Å². The third-order valence-corrected chi connectivity index (χ3v) is 3.37. The molecule has 4 nitrogen and oxygen atoms in total. The predicted octanol–water partition coefficient (Wildman–Crippen LogP) is 2.95. The molecule has 1 heterocycles. The number of nitrogens with one attached hydrogen (secondary N) is 2. The first kappa shape index (κ1) is 13.6. The largest absolute Gasteiger partial charge is 0.380 e. The van der Waals surface area contributed by atoms with Gasteiger partial charge in [0.15, 0.2) is 0 Å². The van der Waals surface area contributed by atoms with E-state index in [4.69, 9.17) is 4.74 Å². The molecule has 1 amide bonds. The second-order valence-corrected chi connectivity index (χ2v) is 5.02. The fourth-order valence-electron chi connectivity index (χ4n) is 1.60. The van der Waals surface area contributed by atoms with Gasteiger partial charge in [-0.2, -0.15) is 0 Å². The van der Waals surface area contributed by atoms with E-state index in [0.29, 0.717) is 0 Å². The molecule has 0 fully saturated rings. The number of rotatable bonds is 6. The van der Waals surface area contributed by atoms with E-state index in [1.54, 1.807) is 11.3 Å². The highest BCUT2D eigenvalue weighted by Crippen LogP contribution is 2.16. The summed E-state index contributed by atoms with van der Waals surface area (Å²) in [5.41, 5.74) is 1.79. The summed E-state index contributed by atoms with van der Waals surface area (Å²) in [5.74, 6) is -0.151. The minimum Gasteiger partial charge on any atom is -0.380 e. The zero-order valence-electron chi connectivity index (χ0n) is 10.7. The molecule has 2 aromatic rings. The van der Waals surface area contributed by atoms with Gasteiger partial charge < -0.3 is 15.4 Å². The van der Waals surface area contributed by atoms with Crippen LogP contribution in [0.25, 0.3) is 0 Å². The maximum Gasteiger partial charge on any atom is 0.250 e. The molecule has 0 radical (unpaired) electrons. The molecule has 0 aliphatic rings. The van der Waals surface area contributed by atoms with Crippen LogP contribution < -0.4 is 10.6 Å². The number of hydrogen-bond acceptors (Lipinski definition) is 4. The van der Waals surface area contributed by atoms with Gasteiger partial charge in [0.05, 0.1) is 0 Å². The first-order chi connectivity index (χ1) is 9.28. The number of benzene rings is 1. The van der Waals surface area contributed by atoms with Gasteiger partial charge in [-0.05, 0) is 35.7 Å². The lowest BCUT2D eigenvalue weighted by atomic mass is 10.2. The monoisotopic (exact) mass is 276 g/mol. The highest BCUT2D eigenvalue weighted by atomic mass is 32.1. The van der Waals surface area contributed by atoms with E-state index in [0.717, 1.165) is 17.9 Å². The molecule has 5 heteroatoms. The normalized spacial score (nSPS) is 10.2. The van der Waals surface area contributed by atoms with Crippen LogP contribution in [0.5, 0.6) is 0 Å². The summed E-state index contributed by atoms with van der Waals surface area (Å²) in [5, 5.41) is 8.14. The molecule has 0 spiro atoms. The SMILES string of the molecule is COCC(=O)Nc1ccc(NCc2cccs2)cc1. The number of thiophene rings is 1. The van der Waals surface area contributed by atoms with Crippen molar-refractivity contribution < 1.29 is 9.53 Å². The molecule has 19 heavy (non-hydrogen) atoms. The molecule has 1 aromatic carbocycles. The second kappa shape index (κ2) is 6.92. The molecule has 0 bridgehead atoms. The maximum absolute atomic E-state index is 11.3. The smallest absolute Gasteiger partial charge is 0.250 e. The molecule has 0 saturated carbocycles. The molecule has 2 rings (SSSR count). The minimum absolute atomic E-state index is 0.0678. The van der Waals surface area contributed by atoms with Gasteiger partial charge in [-0.1, -0.05) is 6.07 Å². The third kappa shape index (κ3) is 4.39. The Morgan fingerprint density at radius 1 is 1.21 bits per heavy atom. The van der Waals surface area contributed by atoms with Crippen molar-refractivity contribution >= 4 is 28.6 Å². The maximum atomic E-state index is 11.3. The van der Waals surface area contributed by atoms with Crippen molar-refractivity contribution in [2.75, 3.05) is 24.4 Å². The molecule has 0 saturated heterocycles. The van der Waals surface area contributed by atoms with E-state index < -0.39 is 0 Å². The molecule has 0 atom stereocenters. The lowest BCUT2D eigenvalue weighted by Crippen LogP contribution is -2.16. The number of amides is 1. The molecular weight excluding hydrogens is 260 g/mol. The van der Waals surface area contributed by atoms with Crippen LogP contribution in [0.4, 0.5) is 11.4 Å². The Balaban J connectivity index is 1.85. The van der Waals surface area contributed by atoms with E-state index in [1.165, 1.54) is 12.0 Å².